The van der Waals surface area contributed by atoms with Crippen molar-refractivity contribution in [3.05, 3.63) is 71.3 Å². The van der Waals surface area contributed by atoms with Gasteiger partial charge in [0.2, 0.25) is 0 Å². The number of hydrogen-bond acceptors (Lipinski definition) is 4. The minimum atomic E-state index is -0.617. The van der Waals surface area contributed by atoms with Gasteiger partial charge >= 0.3 is 11.8 Å². The molecule has 0 bridgehead atoms. The first-order chi connectivity index (χ1) is 13.6. The van der Waals surface area contributed by atoms with Gasteiger partial charge in [-0.1, -0.05) is 60.2 Å². The van der Waals surface area contributed by atoms with Gasteiger partial charge in [-0.15, -0.1) is 0 Å². The molecule has 2 amide bonds. The van der Waals surface area contributed by atoms with E-state index in [0.717, 1.165) is 24.2 Å². The third-order valence-electron chi connectivity index (χ3n) is 4.91. The summed E-state index contributed by atoms with van der Waals surface area (Å²) in [5, 5.41) is 5.46. The van der Waals surface area contributed by atoms with Crippen molar-refractivity contribution in [1.82, 2.24) is 15.5 Å². The molecule has 1 aliphatic heterocycles. The molecule has 3 rings (SSSR count). The van der Waals surface area contributed by atoms with Crippen LogP contribution >= 0.6 is 0 Å². The standard InChI is InChI=1S/C22H27N3O3/c1-17-7-9-19(10-8-17)20(25-11-13-28-14-12-25)16-24-22(27)21(26)23-15-18-5-3-2-4-6-18/h2-10,20H,11-16H2,1H3,(H,23,26)(H,24,27). The average Bonchev–Trinajstić information content (AvgIpc) is 2.74. The van der Waals surface area contributed by atoms with Crippen molar-refractivity contribution in [2.75, 3.05) is 32.8 Å². The van der Waals surface area contributed by atoms with Crippen molar-refractivity contribution in [3.8, 4) is 0 Å². The maximum Gasteiger partial charge on any atom is 0.309 e. The number of aryl methyl sites for hydroxylation is 1. The number of ether oxygens (including phenoxy) is 1. The van der Waals surface area contributed by atoms with Crippen LogP contribution in [0.15, 0.2) is 54.6 Å². The van der Waals surface area contributed by atoms with Crippen LogP contribution in [-0.2, 0) is 20.9 Å². The number of nitrogens with zero attached hydrogens (tertiary/aromatic N) is 1. The maximum absolute atomic E-state index is 12.3. The Kier molecular flexibility index (Phi) is 7.17. The van der Waals surface area contributed by atoms with Crippen LogP contribution in [0, 0.1) is 6.92 Å². The molecule has 1 fully saturated rings. The van der Waals surface area contributed by atoms with Gasteiger partial charge in [0.25, 0.3) is 0 Å². The average molecular weight is 381 g/mol. The number of hydrogen-bond donors (Lipinski definition) is 2. The molecule has 1 saturated heterocycles. The number of morpholine rings is 1. The second kappa shape index (κ2) is 10.0. The summed E-state index contributed by atoms with van der Waals surface area (Å²) in [4.78, 5) is 26.7. The zero-order valence-electron chi connectivity index (χ0n) is 16.2. The first kappa shape index (κ1) is 20.0. The Balaban J connectivity index is 1.58. The lowest BCUT2D eigenvalue weighted by Crippen LogP contribution is -2.46. The zero-order valence-corrected chi connectivity index (χ0v) is 16.2. The lowest BCUT2D eigenvalue weighted by Gasteiger charge is -2.35. The van der Waals surface area contributed by atoms with Crippen LogP contribution in [0.2, 0.25) is 0 Å². The number of nitrogens with one attached hydrogen (secondary N) is 2. The Morgan fingerprint density at radius 2 is 1.61 bits per heavy atom. The van der Waals surface area contributed by atoms with E-state index < -0.39 is 11.8 Å². The zero-order chi connectivity index (χ0) is 19.8. The van der Waals surface area contributed by atoms with Crippen LogP contribution in [0.4, 0.5) is 0 Å². The van der Waals surface area contributed by atoms with Crippen molar-refractivity contribution in [2.45, 2.75) is 19.5 Å². The monoisotopic (exact) mass is 381 g/mol. The Labute approximate surface area is 165 Å². The molecular formula is C22H27N3O3. The minimum absolute atomic E-state index is 0.00960. The van der Waals surface area contributed by atoms with E-state index in [9.17, 15) is 9.59 Å². The molecule has 6 nitrogen and oxygen atoms in total. The summed E-state index contributed by atoms with van der Waals surface area (Å²) in [6.45, 7) is 5.70. The van der Waals surface area contributed by atoms with Crippen molar-refractivity contribution < 1.29 is 14.3 Å². The molecule has 0 spiro atoms. The van der Waals surface area contributed by atoms with Crippen molar-refractivity contribution >= 4 is 11.8 Å². The molecule has 148 valence electrons. The quantitative estimate of drug-likeness (QED) is 0.749. The largest absolute Gasteiger partial charge is 0.379 e. The normalized spacial score (nSPS) is 15.6. The van der Waals surface area contributed by atoms with E-state index in [2.05, 4.69) is 39.8 Å². The highest BCUT2D eigenvalue weighted by Gasteiger charge is 2.24. The SMILES string of the molecule is Cc1ccc(C(CNC(=O)C(=O)NCc2ccccc2)N2CCOCC2)cc1. The van der Waals surface area contributed by atoms with Crippen molar-refractivity contribution in [3.63, 3.8) is 0 Å². The molecule has 1 heterocycles. The van der Waals surface area contributed by atoms with Crippen LogP contribution in [0.5, 0.6) is 0 Å². The predicted octanol–water partition coefficient (Wildman–Crippen LogP) is 1.80. The highest BCUT2D eigenvalue weighted by atomic mass is 16.5. The molecule has 0 saturated carbocycles. The molecule has 2 N–H and O–H groups in total. The smallest absolute Gasteiger partial charge is 0.309 e. The topological polar surface area (TPSA) is 70.7 Å². The first-order valence-electron chi connectivity index (χ1n) is 9.62. The van der Waals surface area contributed by atoms with Gasteiger partial charge in [-0.25, -0.2) is 0 Å². The highest BCUT2D eigenvalue weighted by molar-refractivity contribution is 6.35. The Morgan fingerprint density at radius 3 is 2.29 bits per heavy atom. The fourth-order valence-corrected chi connectivity index (χ4v) is 3.26. The first-order valence-corrected chi connectivity index (χ1v) is 9.62. The van der Waals surface area contributed by atoms with E-state index in [4.69, 9.17) is 4.74 Å². The van der Waals surface area contributed by atoms with Gasteiger partial charge in [0.15, 0.2) is 0 Å². The molecule has 0 aromatic heterocycles. The fourth-order valence-electron chi connectivity index (χ4n) is 3.26. The van der Waals surface area contributed by atoms with E-state index in [0.29, 0.717) is 26.3 Å². The molecule has 2 aromatic carbocycles. The molecule has 1 unspecified atom stereocenters. The van der Waals surface area contributed by atoms with E-state index in [1.165, 1.54) is 5.56 Å². The third kappa shape index (κ3) is 5.65. The summed E-state index contributed by atoms with van der Waals surface area (Å²) >= 11 is 0. The van der Waals surface area contributed by atoms with Gasteiger partial charge in [-0.05, 0) is 18.1 Å². The van der Waals surface area contributed by atoms with Gasteiger partial charge in [0, 0.05) is 26.2 Å². The van der Waals surface area contributed by atoms with Gasteiger partial charge < -0.3 is 15.4 Å². The summed E-state index contributed by atoms with van der Waals surface area (Å²) in [5.41, 5.74) is 3.26. The van der Waals surface area contributed by atoms with Gasteiger partial charge in [-0.2, -0.15) is 0 Å². The molecule has 0 radical (unpaired) electrons. The van der Waals surface area contributed by atoms with Crippen LogP contribution < -0.4 is 10.6 Å². The van der Waals surface area contributed by atoms with Gasteiger partial charge in [0.05, 0.1) is 19.3 Å². The third-order valence-corrected chi connectivity index (χ3v) is 4.91. The summed E-state index contributed by atoms with van der Waals surface area (Å²) in [5.74, 6) is -1.23. The Morgan fingerprint density at radius 1 is 0.964 bits per heavy atom. The minimum Gasteiger partial charge on any atom is -0.379 e. The summed E-state index contributed by atoms with van der Waals surface area (Å²) in [6.07, 6.45) is 0. The van der Waals surface area contributed by atoms with E-state index in [1.807, 2.05) is 37.3 Å². The van der Waals surface area contributed by atoms with E-state index in [-0.39, 0.29) is 6.04 Å². The molecule has 1 atom stereocenters. The number of amides is 2. The number of rotatable bonds is 6. The van der Waals surface area contributed by atoms with Crippen molar-refractivity contribution in [1.29, 1.82) is 0 Å². The van der Waals surface area contributed by atoms with Crippen LogP contribution in [0.1, 0.15) is 22.7 Å². The molecule has 28 heavy (non-hydrogen) atoms. The summed E-state index contributed by atoms with van der Waals surface area (Å²) in [6, 6.07) is 17.8. The van der Waals surface area contributed by atoms with Crippen LogP contribution in [0.25, 0.3) is 0 Å². The molecule has 1 aliphatic rings. The molecular weight excluding hydrogens is 354 g/mol. The highest BCUT2D eigenvalue weighted by Crippen LogP contribution is 2.21. The predicted molar refractivity (Wildman–Crippen MR) is 108 cm³/mol. The van der Waals surface area contributed by atoms with E-state index in [1.54, 1.807) is 0 Å². The van der Waals surface area contributed by atoms with Crippen molar-refractivity contribution in [2.24, 2.45) is 0 Å². The van der Waals surface area contributed by atoms with Gasteiger partial charge in [0.1, 0.15) is 0 Å². The Bertz CT molecular complexity index is 771. The summed E-state index contributed by atoms with van der Waals surface area (Å²) in [7, 11) is 0. The lowest BCUT2D eigenvalue weighted by atomic mass is 10.0. The number of carbonyl (C=O) groups excluding carboxylic acids is 2. The molecule has 0 aliphatic carbocycles. The second-order valence-electron chi connectivity index (χ2n) is 6.95. The second-order valence-corrected chi connectivity index (χ2v) is 6.95. The Hall–Kier alpha value is -2.70. The molecule has 2 aromatic rings. The number of benzene rings is 2. The lowest BCUT2D eigenvalue weighted by molar-refractivity contribution is -0.139. The van der Waals surface area contributed by atoms with E-state index >= 15 is 0 Å². The summed E-state index contributed by atoms with van der Waals surface area (Å²) < 4.78 is 5.45. The number of carbonyl (C=O) groups is 2. The van der Waals surface area contributed by atoms with Crippen LogP contribution in [0.3, 0.4) is 0 Å². The van der Waals surface area contributed by atoms with Crippen LogP contribution in [-0.4, -0.2) is 49.6 Å². The maximum atomic E-state index is 12.3. The fraction of sp³-hybridized carbons (Fsp3) is 0.364. The molecule has 6 heteroatoms. The van der Waals surface area contributed by atoms with Gasteiger partial charge in [-0.3, -0.25) is 14.5 Å².